The molecule has 0 saturated carbocycles. The van der Waals surface area contributed by atoms with Crippen LogP contribution in [-0.4, -0.2) is 24.1 Å². The molecule has 0 saturated heterocycles. The van der Waals surface area contributed by atoms with Crippen LogP contribution in [0, 0.1) is 0 Å². The lowest BCUT2D eigenvalue weighted by molar-refractivity contribution is 0.104. The molecule has 0 aromatic heterocycles. The number of allylic oxidation sites excluding steroid dienone is 1. The van der Waals surface area contributed by atoms with E-state index in [1.165, 1.54) is 147 Å². The van der Waals surface area contributed by atoms with Crippen LogP contribution in [0.15, 0.2) is 54.6 Å². The van der Waals surface area contributed by atoms with Crippen molar-refractivity contribution in [3.05, 3.63) is 65.7 Å². The Balaban J connectivity index is 1.54. The van der Waals surface area contributed by atoms with Gasteiger partial charge in [0.25, 0.3) is 0 Å². The highest BCUT2D eigenvalue weighted by Crippen LogP contribution is 2.20. The van der Waals surface area contributed by atoms with Gasteiger partial charge in [0.05, 0.1) is 13.2 Å². The first-order chi connectivity index (χ1) is 23.1. The van der Waals surface area contributed by atoms with E-state index in [-0.39, 0.29) is 11.5 Å². The van der Waals surface area contributed by atoms with Gasteiger partial charge in [-0.1, -0.05) is 155 Å². The molecule has 0 radical (unpaired) electrons. The third-order valence-electron chi connectivity index (χ3n) is 9.09. The molecule has 1 N–H and O–H groups in total. The van der Waals surface area contributed by atoms with Crippen molar-refractivity contribution in [2.45, 2.75) is 168 Å². The fourth-order valence-electron chi connectivity index (χ4n) is 5.99. The highest BCUT2D eigenvalue weighted by atomic mass is 16.5. The molecule has 0 aliphatic carbocycles. The highest BCUT2D eigenvalue weighted by Gasteiger charge is 2.08. The first-order valence-electron chi connectivity index (χ1n) is 19.5. The maximum Gasteiger partial charge on any atom is 0.189 e. The first-order valence-corrected chi connectivity index (χ1v) is 19.5. The smallest absolute Gasteiger partial charge is 0.189 e. The van der Waals surface area contributed by atoms with Gasteiger partial charge in [-0.3, -0.25) is 4.79 Å². The van der Waals surface area contributed by atoms with Crippen molar-refractivity contribution in [2.24, 2.45) is 0 Å². The molecule has 2 rings (SSSR count). The maximum atomic E-state index is 12.7. The Morgan fingerprint density at radius 1 is 0.468 bits per heavy atom. The Morgan fingerprint density at radius 2 is 0.766 bits per heavy atom. The molecule has 264 valence electrons. The number of unbranched alkanes of at least 4 members (excludes halogenated alkanes) is 22. The zero-order valence-corrected chi connectivity index (χ0v) is 30.3. The second kappa shape index (κ2) is 28.3. The van der Waals surface area contributed by atoms with E-state index in [0.717, 1.165) is 24.3 Å². The van der Waals surface area contributed by atoms with Crippen molar-refractivity contribution in [3.63, 3.8) is 0 Å². The number of carbonyl (C=O) groups is 1. The van der Waals surface area contributed by atoms with E-state index < -0.39 is 0 Å². The van der Waals surface area contributed by atoms with E-state index in [9.17, 15) is 9.90 Å². The second-order valence-corrected chi connectivity index (χ2v) is 13.4. The van der Waals surface area contributed by atoms with Crippen molar-refractivity contribution >= 4 is 11.5 Å². The summed E-state index contributed by atoms with van der Waals surface area (Å²) in [5.41, 5.74) is 1.12. The lowest BCUT2D eigenvalue weighted by Gasteiger charge is -2.08. The molecule has 0 fully saturated rings. The van der Waals surface area contributed by atoms with Gasteiger partial charge >= 0.3 is 0 Å². The second-order valence-electron chi connectivity index (χ2n) is 13.4. The third-order valence-corrected chi connectivity index (χ3v) is 9.09. The zero-order valence-electron chi connectivity index (χ0n) is 30.3. The molecular weight excluding hydrogens is 580 g/mol. The molecule has 2 aromatic carbocycles. The summed E-state index contributed by atoms with van der Waals surface area (Å²) in [4.78, 5) is 12.7. The minimum absolute atomic E-state index is 0.0465. The van der Waals surface area contributed by atoms with E-state index in [1.807, 2.05) is 24.3 Å². The van der Waals surface area contributed by atoms with Crippen LogP contribution in [0.4, 0.5) is 0 Å². The summed E-state index contributed by atoms with van der Waals surface area (Å²) in [5.74, 6) is 1.28. The van der Waals surface area contributed by atoms with E-state index in [2.05, 4.69) is 13.8 Å². The van der Waals surface area contributed by atoms with Gasteiger partial charge in [0, 0.05) is 17.2 Å². The van der Waals surface area contributed by atoms with E-state index in [4.69, 9.17) is 9.47 Å². The van der Waals surface area contributed by atoms with Crippen LogP contribution >= 0.6 is 0 Å². The van der Waals surface area contributed by atoms with Gasteiger partial charge < -0.3 is 14.6 Å². The molecule has 0 aliphatic rings. The van der Waals surface area contributed by atoms with Gasteiger partial charge in [-0.25, -0.2) is 0 Å². The van der Waals surface area contributed by atoms with Crippen molar-refractivity contribution in [2.75, 3.05) is 13.2 Å². The molecule has 4 heteroatoms. The Hall–Kier alpha value is -2.75. The Labute approximate surface area is 288 Å². The number of hydrogen-bond donors (Lipinski definition) is 1. The molecule has 0 bridgehead atoms. The molecule has 0 heterocycles. The summed E-state index contributed by atoms with van der Waals surface area (Å²) in [6.07, 6.45) is 33.1. The van der Waals surface area contributed by atoms with Crippen LogP contribution in [0.2, 0.25) is 0 Å². The fourth-order valence-corrected chi connectivity index (χ4v) is 5.99. The Kier molecular flexibility index (Phi) is 24.3. The van der Waals surface area contributed by atoms with Crippen molar-refractivity contribution in [1.82, 2.24) is 0 Å². The number of aliphatic hydroxyl groups excluding tert-OH is 1. The van der Waals surface area contributed by atoms with Gasteiger partial charge in [0.1, 0.15) is 17.3 Å². The average Bonchev–Trinajstić information content (AvgIpc) is 3.09. The lowest BCUT2D eigenvalue weighted by Crippen LogP contribution is -2.00. The molecular formula is C43H68O4. The third kappa shape index (κ3) is 21.0. The predicted octanol–water partition coefficient (Wildman–Crippen LogP) is 13.6. The van der Waals surface area contributed by atoms with Gasteiger partial charge in [0.2, 0.25) is 0 Å². The molecule has 0 aliphatic heterocycles. The summed E-state index contributed by atoms with van der Waals surface area (Å²) >= 11 is 0. The molecule has 47 heavy (non-hydrogen) atoms. The number of ketones is 1. The summed E-state index contributed by atoms with van der Waals surface area (Å²) < 4.78 is 11.8. The summed E-state index contributed by atoms with van der Waals surface area (Å²) in [6.45, 7) is 5.95. The number of aliphatic hydroxyl groups is 1. The lowest BCUT2D eigenvalue weighted by atomic mass is 10.1. The first kappa shape index (κ1) is 40.4. The summed E-state index contributed by atoms with van der Waals surface area (Å²) in [7, 11) is 0. The zero-order chi connectivity index (χ0) is 33.6. The normalized spacial score (nSPS) is 11.6. The summed E-state index contributed by atoms with van der Waals surface area (Å²) in [6, 6.07) is 14.5. The maximum absolute atomic E-state index is 12.7. The minimum atomic E-state index is -0.234. The van der Waals surface area contributed by atoms with E-state index in [0.29, 0.717) is 24.3 Å². The van der Waals surface area contributed by atoms with E-state index >= 15 is 0 Å². The van der Waals surface area contributed by atoms with Crippen LogP contribution in [0.1, 0.15) is 184 Å². The number of benzene rings is 2. The van der Waals surface area contributed by atoms with Crippen LogP contribution in [-0.2, 0) is 0 Å². The Bertz CT molecular complexity index is 1040. The topological polar surface area (TPSA) is 55.8 Å². The molecule has 0 atom stereocenters. The number of carbonyl (C=O) groups excluding carboxylic acids is 1. The van der Waals surface area contributed by atoms with Gasteiger partial charge in [-0.2, -0.15) is 0 Å². The largest absolute Gasteiger partial charge is 0.507 e. The minimum Gasteiger partial charge on any atom is -0.507 e. The van der Waals surface area contributed by atoms with Crippen LogP contribution < -0.4 is 9.47 Å². The van der Waals surface area contributed by atoms with Gasteiger partial charge in [0.15, 0.2) is 5.78 Å². The fraction of sp³-hybridized carbons (Fsp3) is 0.651. The van der Waals surface area contributed by atoms with Crippen molar-refractivity contribution in [3.8, 4) is 11.5 Å². The molecule has 4 nitrogen and oxygen atoms in total. The SMILES string of the molecule is CCCCCCCCCCCCCCOc1ccc(C(=O)/C=C(\O)c2ccc(OCCCCCCCCCCCCCC)cc2)cc1. The number of hydrogen-bond acceptors (Lipinski definition) is 4. The van der Waals surface area contributed by atoms with Crippen LogP contribution in [0.5, 0.6) is 11.5 Å². The quantitative estimate of drug-likeness (QED) is 0.0382. The molecule has 2 aromatic rings. The van der Waals surface area contributed by atoms with Crippen molar-refractivity contribution in [1.29, 1.82) is 0 Å². The van der Waals surface area contributed by atoms with Gasteiger partial charge in [-0.15, -0.1) is 0 Å². The molecule has 0 amide bonds. The average molecular weight is 649 g/mol. The van der Waals surface area contributed by atoms with Crippen LogP contribution in [0.3, 0.4) is 0 Å². The monoisotopic (exact) mass is 649 g/mol. The Morgan fingerprint density at radius 3 is 1.11 bits per heavy atom. The molecule has 0 spiro atoms. The predicted molar refractivity (Wildman–Crippen MR) is 201 cm³/mol. The number of ether oxygens (including phenoxy) is 2. The number of rotatable bonds is 31. The van der Waals surface area contributed by atoms with Gasteiger partial charge in [-0.05, 0) is 61.4 Å². The summed E-state index contributed by atoms with van der Waals surface area (Å²) in [5, 5.41) is 10.6. The standard InChI is InChI=1S/C43H68O4/c1-3-5-7-9-11-13-15-17-19-21-23-25-35-46-40-31-27-38(28-32-40)42(44)37-43(45)39-29-33-41(34-30-39)47-36-26-24-22-20-18-16-14-12-10-8-6-4-2/h27-34,37,44H,3-26,35-36H2,1-2H3/b42-37-. The van der Waals surface area contributed by atoms with Crippen LogP contribution in [0.25, 0.3) is 5.76 Å². The highest BCUT2D eigenvalue weighted by molar-refractivity contribution is 6.07. The molecule has 0 unspecified atom stereocenters. The van der Waals surface area contributed by atoms with E-state index in [1.54, 1.807) is 24.3 Å². The van der Waals surface area contributed by atoms with Crippen molar-refractivity contribution < 1.29 is 19.4 Å².